The number of aromatic nitrogens is 3. The zero-order valence-corrected chi connectivity index (χ0v) is 11.3. The number of nitrogen functional groups attached to an aromatic ring is 1. The normalized spacial score (nSPS) is 12.1. The Balaban J connectivity index is 1.89. The molecule has 1 atom stereocenters. The Labute approximate surface area is 113 Å². The van der Waals surface area contributed by atoms with Crippen LogP contribution >= 0.6 is 0 Å². The quantitative estimate of drug-likeness (QED) is 0.858. The molecule has 2 aromatic rings. The van der Waals surface area contributed by atoms with Crippen molar-refractivity contribution >= 4 is 11.9 Å². The van der Waals surface area contributed by atoms with Crippen molar-refractivity contribution in [3.8, 4) is 0 Å². The Morgan fingerprint density at radius 3 is 2.58 bits per heavy atom. The van der Waals surface area contributed by atoms with Crippen LogP contribution in [-0.2, 0) is 6.42 Å². The van der Waals surface area contributed by atoms with Gasteiger partial charge < -0.3 is 11.1 Å². The maximum Gasteiger partial charge on any atom is 0.227 e. The first-order chi connectivity index (χ1) is 9.13. The van der Waals surface area contributed by atoms with Crippen LogP contribution in [0.25, 0.3) is 0 Å². The molecule has 0 saturated carbocycles. The van der Waals surface area contributed by atoms with E-state index < -0.39 is 0 Å². The highest BCUT2D eigenvalue weighted by Crippen LogP contribution is 2.09. The predicted octanol–water partition coefficient (Wildman–Crippen LogP) is 2.20. The standard InChI is InChI=1S/C14H19N5/c1-10(8-9-12-6-4-3-5-7-12)16-14-18-11(2)17-13(15)19-14/h3-7,10H,8-9H2,1-2H3,(H3,15,16,17,18,19). The van der Waals surface area contributed by atoms with Crippen molar-refractivity contribution in [1.82, 2.24) is 15.0 Å². The second kappa shape index (κ2) is 6.13. The lowest BCUT2D eigenvalue weighted by Gasteiger charge is -2.14. The first-order valence-corrected chi connectivity index (χ1v) is 6.42. The molecule has 5 heteroatoms. The molecular weight excluding hydrogens is 238 g/mol. The lowest BCUT2D eigenvalue weighted by atomic mass is 10.1. The van der Waals surface area contributed by atoms with E-state index in [-0.39, 0.29) is 12.0 Å². The lowest BCUT2D eigenvalue weighted by Crippen LogP contribution is -2.19. The summed E-state index contributed by atoms with van der Waals surface area (Å²) in [7, 11) is 0. The van der Waals surface area contributed by atoms with E-state index in [0.717, 1.165) is 12.8 Å². The molecule has 0 amide bonds. The Hall–Kier alpha value is -2.17. The summed E-state index contributed by atoms with van der Waals surface area (Å²) in [6.45, 7) is 3.91. The maximum atomic E-state index is 5.60. The minimum absolute atomic E-state index is 0.255. The van der Waals surface area contributed by atoms with E-state index in [1.807, 2.05) is 6.07 Å². The molecule has 100 valence electrons. The highest BCUT2D eigenvalue weighted by Gasteiger charge is 2.06. The minimum atomic E-state index is 0.255. The van der Waals surface area contributed by atoms with E-state index in [2.05, 4.69) is 51.5 Å². The SMILES string of the molecule is Cc1nc(N)nc(NC(C)CCc2ccccc2)n1. The van der Waals surface area contributed by atoms with Crippen molar-refractivity contribution < 1.29 is 0 Å². The number of aryl methyl sites for hydroxylation is 2. The fraction of sp³-hybridized carbons (Fsp3) is 0.357. The van der Waals surface area contributed by atoms with Gasteiger partial charge in [-0.15, -0.1) is 0 Å². The molecule has 0 radical (unpaired) electrons. The van der Waals surface area contributed by atoms with Gasteiger partial charge in [0.15, 0.2) is 0 Å². The third-order valence-electron chi connectivity index (χ3n) is 2.85. The highest BCUT2D eigenvalue weighted by molar-refractivity contribution is 5.31. The van der Waals surface area contributed by atoms with Gasteiger partial charge in [-0.25, -0.2) is 0 Å². The van der Waals surface area contributed by atoms with Crippen molar-refractivity contribution in [1.29, 1.82) is 0 Å². The van der Waals surface area contributed by atoms with E-state index in [1.165, 1.54) is 5.56 Å². The van der Waals surface area contributed by atoms with Crippen molar-refractivity contribution in [3.05, 3.63) is 41.7 Å². The van der Waals surface area contributed by atoms with Gasteiger partial charge in [-0.1, -0.05) is 30.3 Å². The first kappa shape index (κ1) is 13.3. The molecule has 5 nitrogen and oxygen atoms in total. The Morgan fingerprint density at radius 2 is 1.89 bits per heavy atom. The van der Waals surface area contributed by atoms with Gasteiger partial charge >= 0.3 is 0 Å². The van der Waals surface area contributed by atoms with Crippen molar-refractivity contribution in [2.75, 3.05) is 11.1 Å². The zero-order valence-electron chi connectivity index (χ0n) is 11.3. The van der Waals surface area contributed by atoms with Crippen LogP contribution in [0.3, 0.4) is 0 Å². The first-order valence-electron chi connectivity index (χ1n) is 6.42. The van der Waals surface area contributed by atoms with Crippen LogP contribution in [0.15, 0.2) is 30.3 Å². The molecule has 0 aliphatic rings. The zero-order chi connectivity index (χ0) is 13.7. The summed E-state index contributed by atoms with van der Waals surface area (Å²) in [6.07, 6.45) is 2.03. The van der Waals surface area contributed by atoms with Gasteiger partial charge in [-0.05, 0) is 32.3 Å². The van der Waals surface area contributed by atoms with Crippen LogP contribution in [0.2, 0.25) is 0 Å². The van der Waals surface area contributed by atoms with Crippen molar-refractivity contribution in [2.45, 2.75) is 32.7 Å². The number of nitrogens with two attached hydrogens (primary N) is 1. The van der Waals surface area contributed by atoms with Gasteiger partial charge in [-0.2, -0.15) is 15.0 Å². The smallest absolute Gasteiger partial charge is 0.227 e. The topological polar surface area (TPSA) is 76.7 Å². The van der Waals surface area contributed by atoms with Gasteiger partial charge in [0.2, 0.25) is 11.9 Å². The molecule has 0 saturated heterocycles. The Morgan fingerprint density at radius 1 is 1.16 bits per heavy atom. The number of hydrogen-bond donors (Lipinski definition) is 2. The number of anilines is 2. The monoisotopic (exact) mass is 257 g/mol. The summed E-state index contributed by atoms with van der Waals surface area (Å²) in [5.74, 6) is 1.43. The molecule has 19 heavy (non-hydrogen) atoms. The van der Waals surface area contributed by atoms with Crippen LogP contribution in [0, 0.1) is 6.92 Å². The van der Waals surface area contributed by atoms with Gasteiger partial charge in [-0.3, -0.25) is 0 Å². The van der Waals surface area contributed by atoms with E-state index in [0.29, 0.717) is 11.8 Å². The summed E-state index contributed by atoms with van der Waals surface area (Å²) in [5, 5.41) is 3.25. The van der Waals surface area contributed by atoms with Gasteiger partial charge in [0, 0.05) is 6.04 Å². The molecule has 0 fully saturated rings. The fourth-order valence-electron chi connectivity index (χ4n) is 1.89. The molecule has 1 aromatic carbocycles. The lowest BCUT2D eigenvalue weighted by molar-refractivity contribution is 0.697. The van der Waals surface area contributed by atoms with E-state index in [1.54, 1.807) is 6.92 Å². The molecule has 1 unspecified atom stereocenters. The second-order valence-corrected chi connectivity index (χ2v) is 4.63. The molecule has 1 aromatic heterocycles. The molecule has 1 heterocycles. The summed E-state index contributed by atoms with van der Waals surface area (Å²) < 4.78 is 0. The van der Waals surface area contributed by atoms with E-state index in [9.17, 15) is 0 Å². The number of rotatable bonds is 5. The van der Waals surface area contributed by atoms with Crippen LogP contribution in [-0.4, -0.2) is 21.0 Å². The number of nitrogens with one attached hydrogen (secondary N) is 1. The van der Waals surface area contributed by atoms with E-state index >= 15 is 0 Å². The third kappa shape index (κ3) is 4.21. The number of nitrogens with zero attached hydrogens (tertiary/aromatic N) is 3. The second-order valence-electron chi connectivity index (χ2n) is 4.63. The minimum Gasteiger partial charge on any atom is -0.368 e. The van der Waals surface area contributed by atoms with Crippen molar-refractivity contribution in [2.24, 2.45) is 0 Å². The largest absolute Gasteiger partial charge is 0.368 e. The number of hydrogen-bond acceptors (Lipinski definition) is 5. The molecule has 0 aliphatic carbocycles. The summed E-state index contributed by atoms with van der Waals surface area (Å²) in [6, 6.07) is 10.7. The Kier molecular flexibility index (Phi) is 4.28. The van der Waals surface area contributed by atoms with Crippen LogP contribution < -0.4 is 11.1 Å². The molecule has 0 bridgehead atoms. The average molecular weight is 257 g/mol. The summed E-state index contributed by atoms with van der Waals surface area (Å²) in [4.78, 5) is 12.2. The molecule has 2 rings (SSSR count). The molecule has 0 spiro atoms. The Bertz CT molecular complexity index is 506. The maximum absolute atomic E-state index is 5.60. The van der Waals surface area contributed by atoms with Gasteiger partial charge in [0.1, 0.15) is 5.82 Å². The highest BCUT2D eigenvalue weighted by atomic mass is 15.2. The summed E-state index contributed by atoms with van der Waals surface area (Å²) in [5.41, 5.74) is 6.93. The fourth-order valence-corrected chi connectivity index (χ4v) is 1.89. The van der Waals surface area contributed by atoms with Crippen LogP contribution in [0.5, 0.6) is 0 Å². The van der Waals surface area contributed by atoms with Crippen molar-refractivity contribution in [3.63, 3.8) is 0 Å². The average Bonchev–Trinajstić information content (AvgIpc) is 2.36. The third-order valence-corrected chi connectivity index (χ3v) is 2.85. The predicted molar refractivity (Wildman–Crippen MR) is 76.8 cm³/mol. The van der Waals surface area contributed by atoms with Crippen LogP contribution in [0.1, 0.15) is 24.7 Å². The van der Waals surface area contributed by atoms with Gasteiger partial charge in [0.25, 0.3) is 0 Å². The molecular formula is C14H19N5. The van der Waals surface area contributed by atoms with Crippen LogP contribution in [0.4, 0.5) is 11.9 Å². The van der Waals surface area contributed by atoms with E-state index in [4.69, 9.17) is 5.73 Å². The molecule has 0 aliphatic heterocycles. The van der Waals surface area contributed by atoms with Gasteiger partial charge in [0.05, 0.1) is 0 Å². The summed E-state index contributed by atoms with van der Waals surface area (Å²) >= 11 is 0. The molecule has 3 N–H and O–H groups in total. The number of benzene rings is 1.